The number of aromatic amines is 1. The molecular weight excluding hydrogens is 257 g/mol. The van der Waals surface area contributed by atoms with Gasteiger partial charge in [0.2, 0.25) is 0 Å². The molecule has 15 heavy (non-hydrogen) atoms. The number of pyridine rings is 1. The Morgan fingerprint density at radius 1 is 1.33 bits per heavy atom. The van der Waals surface area contributed by atoms with E-state index in [0.717, 1.165) is 0 Å². The van der Waals surface area contributed by atoms with Gasteiger partial charge >= 0.3 is 0 Å². The predicted molar refractivity (Wildman–Crippen MR) is 61.8 cm³/mol. The fourth-order valence-electron chi connectivity index (χ4n) is 1.38. The first-order chi connectivity index (χ1) is 7.11. The van der Waals surface area contributed by atoms with Crippen molar-refractivity contribution in [2.24, 2.45) is 0 Å². The van der Waals surface area contributed by atoms with Crippen molar-refractivity contribution in [3.05, 3.63) is 39.8 Å². The number of H-pyrrole nitrogens is 1. The van der Waals surface area contributed by atoms with E-state index in [1.807, 2.05) is 0 Å². The normalized spacial score (nSPS) is 12.9. The lowest BCUT2D eigenvalue weighted by atomic mass is 10.2. The summed E-state index contributed by atoms with van der Waals surface area (Å²) in [4.78, 5) is 14.3. The third-order valence-electron chi connectivity index (χ3n) is 2.01. The van der Waals surface area contributed by atoms with Gasteiger partial charge in [-0.15, -0.1) is 0 Å². The number of rotatable bonds is 1. The SMILES string of the molecule is O=c1[nH]cc(Cl)c2c(S(=O)Cl)cccc12. The van der Waals surface area contributed by atoms with Gasteiger partial charge in [-0.05, 0) is 22.8 Å². The molecule has 78 valence electrons. The minimum Gasteiger partial charge on any atom is -0.327 e. The van der Waals surface area contributed by atoms with Crippen LogP contribution in [0.3, 0.4) is 0 Å². The van der Waals surface area contributed by atoms with E-state index < -0.39 is 10.0 Å². The molecule has 1 heterocycles. The van der Waals surface area contributed by atoms with E-state index >= 15 is 0 Å². The van der Waals surface area contributed by atoms with Gasteiger partial charge in [0.05, 0.1) is 9.92 Å². The molecule has 0 saturated carbocycles. The Balaban J connectivity index is 3.03. The van der Waals surface area contributed by atoms with Crippen LogP contribution in [-0.2, 0) is 10.0 Å². The minimum absolute atomic E-state index is 0.279. The summed E-state index contributed by atoms with van der Waals surface area (Å²) in [5.74, 6) is 0. The standard InChI is InChI=1S/C9H5Cl2NO2S/c10-6-4-12-9(13)5-2-1-3-7(8(5)6)15(11)14/h1-4H,(H,12,13). The van der Waals surface area contributed by atoms with Crippen LogP contribution in [0.5, 0.6) is 0 Å². The van der Waals surface area contributed by atoms with Crippen molar-refractivity contribution < 1.29 is 4.21 Å². The van der Waals surface area contributed by atoms with Crippen LogP contribution in [0, 0.1) is 0 Å². The highest BCUT2D eigenvalue weighted by molar-refractivity contribution is 8.08. The average molecular weight is 262 g/mol. The van der Waals surface area contributed by atoms with Crippen LogP contribution >= 0.6 is 22.3 Å². The second kappa shape index (κ2) is 3.96. The minimum atomic E-state index is -1.69. The summed E-state index contributed by atoms with van der Waals surface area (Å²) >= 11 is 5.92. The Kier molecular flexibility index (Phi) is 2.82. The second-order valence-corrected chi connectivity index (χ2v) is 5.00. The maximum atomic E-state index is 11.4. The summed E-state index contributed by atoms with van der Waals surface area (Å²) in [6.45, 7) is 0. The van der Waals surface area contributed by atoms with Crippen LogP contribution < -0.4 is 5.56 Å². The summed E-state index contributed by atoms with van der Waals surface area (Å²) in [7, 11) is 3.82. The molecule has 0 amide bonds. The first kappa shape index (κ1) is 10.7. The van der Waals surface area contributed by atoms with Gasteiger partial charge in [0.25, 0.3) is 5.56 Å². The highest BCUT2D eigenvalue weighted by Gasteiger charge is 2.11. The lowest BCUT2D eigenvalue weighted by Gasteiger charge is -2.03. The molecule has 1 aromatic carbocycles. The lowest BCUT2D eigenvalue weighted by molar-refractivity contribution is 0.691. The van der Waals surface area contributed by atoms with E-state index in [9.17, 15) is 9.00 Å². The van der Waals surface area contributed by atoms with E-state index in [1.54, 1.807) is 18.2 Å². The molecule has 2 aromatic rings. The monoisotopic (exact) mass is 261 g/mol. The molecule has 0 fully saturated rings. The molecule has 1 unspecified atom stereocenters. The van der Waals surface area contributed by atoms with Crippen molar-refractivity contribution in [3.63, 3.8) is 0 Å². The van der Waals surface area contributed by atoms with Crippen molar-refractivity contribution in [2.45, 2.75) is 4.90 Å². The number of benzene rings is 1. The van der Waals surface area contributed by atoms with Gasteiger partial charge < -0.3 is 4.98 Å². The van der Waals surface area contributed by atoms with Crippen molar-refractivity contribution in [1.29, 1.82) is 0 Å². The van der Waals surface area contributed by atoms with E-state index in [4.69, 9.17) is 22.3 Å². The first-order valence-corrected chi connectivity index (χ1v) is 6.34. The Hall–Kier alpha value is -0.840. The fraction of sp³-hybridized carbons (Fsp3) is 0. The molecule has 0 radical (unpaired) electrons. The lowest BCUT2D eigenvalue weighted by Crippen LogP contribution is -2.06. The van der Waals surface area contributed by atoms with Crippen LogP contribution in [0.25, 0.3) is 10.8 Å². The smallest absolute Gasteiger partial charge is 0.255 e. The number of hydrogen-bond donors (Lipinski definition) is 1. The summed E-state index contributed by atoms with van der Waals surface area (Å²) in [6.07, 6.45) is 1.36. The molecule has 1 aromatic heterocycles. The fourth-order valence-corrected chi connectivity index (χ4v) is 2.65. The summed E-state index contributed by atoms with van der Waals surface area (Å²) in [5.41, 5.74) is -0.279. The zero-order valence-electron chi connectivity index (χ0n) is 7.29. The zero-order chi connectivity index (χ0) is 11.0. The van der Waals surface area contributed by atoms with Gasteiger partial charge in [0, 0.05) is 17.0 Å². The molecule has 0 aliphatic heterocycles. The molecule has 6 heteroatoms. The van der Waals surface area contributed by atoms with Crippen LogP contribution in [0.1, 0.15) is 0 Å². The molecular formula is C9H5Cl2NO2S. The van der Waals surface area contributed by atoms with Crippen molar-refractivity contribution in [2.75, 3.05) is 0 Å². The summed E-state index contributed by atoms with van der Waals surface area (Å²) < 4.78 is 11.2. The third-order valence-corrected chi connectivity index (χ3v) is 3.50. The average Bonchev–Trinajstić information content (AvgIpc) is 2.23. The van der Waals surface area contributed by atoms with E-state index in [-0.39, 0.29) is 5.56 Å². The van der Waals surface area contributed by atoms with Gasteiger partial charge in [0.1, 0.15) is 10.0 Å². The van der Waals surface area contributed by atoms with Crippen molar-refractivity contribution >= 4 is 43.1 Å². The maximum Gasteiger partial charge on any atom is 0.255 e. The van der Waals surface area contributed by atoms with Crippen LogP contribution in [0.4, 0.5) is 0 Å². The molecule has 3 nitrogen and oxygen atoms in total. The van der Waals surface area contributed by atoms with Crippen molar-refractivity contribution in [1.82, 2.24) is 4.98 Å². The Morgan fingerprint density at radius 2 is 2.07 bits per heavy atom. The van der Waals surface area contributed by atoms with E-state index in [0.29, 0.717) is 20.7 Å². The van der Waals surface area contributed by atoms with Crippen LogP contribution in [0.2, 0.25) is 5.02 Å². The Morgan fingerprint density at radius 3 is 2.73 bits per heavy atom. The van der Waals surface area contributed by atoms with Gasteiger partial charge in [-0.3, -0.25) is 4.79 Å². The predicted octanol–water partition coefficient (Wildman–Crippen LogP) is 2.44. The summed E-state index contributed by atoms with van der Waals surface area (Å²) in [5, 5.41) is 1.15. The largest absolute Gasteiger partial charge is 0.327 e. The van der Waals surface area contributed by atoms with E-state index in [2.05, 4.69) is 4.98 Å². The highest BCUT2D eigenvalue weighted by atomic mass is 35.7. The highest BCUT2D eigenvalue weighted by Crippen LogP contribution is 2.27. The number of nitrogens with one attached hydrogen (secondary N) is 1. The first-order valence-electron chi connectivity index (χ1n) is 3.99. The molecule has 0 aliphatic carbocycles. The number of hydrogen-bond acceptors (Lipinski definition) is 2. The zero-order valence-corrected chi connectivity index (χ0v) is 9.62. The van der Waals surface area contributed by atoms with Gasteiger partial charge in [0.15, 0.2) is 0 Å². The molecule has 1 atom stereocenters. The maximum absolute atomic E-state index is 11.4. The summed E-state index contributed by atoms with van der Waals surface area (Å²) in [6, 6.07) is 4.80. The Bertz CT molecular complexity index is 609. The quantitative estimate of drug-likeness (QED) is 0.802. The molecule has 0 aliphatic rings. The van der Waals surface area contributed by atoms with E-state index in [1.165, 1.54) is 6.20 Å². The number of aromatic nitrogens is 1. The third kappa shape index (κ3) is 1.80. The van der Waals surface area contributed by atoms with Gasteiger partial charge in [-0.1, -0.05) is 17.7 Å². The Labute approximate surface area is 97.0 Å². The molecule has 0 spiro atoms. The topological polar surface area (TPSA) is 49.9 Å². The molecule has 1 N–H and O–H groups in total. The number of fused-ring (bicyclic) bond motifs is 1. The molecule has 0 saturated heterocycles. The molecule has 0 bridgehead atoms. The van der Waals surface area contributed by atoms with Gasteiger partial charge in [-0.25, -0.2) is 4.21 Å². The molecule has 2 rings (SSSR count). The van der Waals surface area contributed by atoms with Crippen molar-refractivity contribution in [3.8, 4) is 0 Å². The van der Waals surface area contributed by atoms with Gasteiger partial charge in [-0.2, -0.15) is 0 Å². The number of halogens is 2. The van der Waals surface area contributed by atoms with Crippen LogP contribution in [0.15, 0.2) is 34.1 Å². The second-order valence-electron chi connectivity index (χ2n) is 2.87. The van der Waals surface area contributed by atoms with Crippen LogP contribution in [-0.4, -0.2) is 9.19 Å².